The summed E-state index contributed by atoms with van der Waals surface area (Å²) in [5, 5.41) is 3.34. The smallest absolute Gasteiger partial charge is 0.328 e. The van der Waals surface area contributed by atoms with E-state index in [-0.39, 0.29) is 12.0 Å². The Bertz CT molecular complexity index is 344. The van der Waals surface area contributed by atoms with E-state index in [1.807, 2.05) is 6.92 Å². The van der Waals surface area contributed by atoms with Gasteiger partial charge in [0, 0.05) is 0 Å². The topological polar surface area (TPSA) is 51.2 Å². The van der Waals surface area contributed by atoms with Crippen LogP contribution < -0.4 is 5.32 Å². The Morgan fingerprint density at radius 3 is 2.93 bits per heavy atom. The van der Waals surface area contributed by atoms with E-state index in [0.717, 1.165) is 0 Å². The summed E-state index contributed by atoms with van der Waals surface area (Å²) < 4.78 is 4.64. The predicted molar refractivity (Wildman–Crippen MR) is 59.0 cm³/mol. The Kier molecular flexibility index (Phi) is 4.37. The van der Waals surface area contributed by atoms with Gasteiger partial charge in [0.1, 0.15) is 17.0 Å². The van der Waals surface area contributed by atoms with Gasteiger partial charge in [0.2, 0.25) is 0 Å². The third-order valence-corrected chi connectivity index (χ3v) is 2.14. The molecule has 1 N–H and O–H groups in total. The maximum atomic E-state index is 11.3. The average molecular weight is 229 g/mol. The van der Waals surface area contributed by atoms with E-state index >= 15 is 0 Å². The summed E-state index contributed by atoms with van der Waals surface area (Å²) in [6.07, 6.45) is 0.626. The highest BCUT2D eigenvalue weighted by Crippen LogP contribution is 2.11. The molecule has 0 radical (unpaired) electrons. The van der Waals surface area contributed by atoms with Crippen molar-refractivity contribution in [1.82, 2.24) is 4.98 Å². The van der Waals surface area contributed by atoms with Gasteiger partial charge in [0.25, 0.3) is 0 Å². The van der Waals surface area contributed by atoms with Gasteiger partial charge in [-0.1, -0.05) is 24.6 Å². The molecule has 1 atom stereocenters. The zero-order valence-corrected chi connectivity index (χ0v) is 9.41. The third kappa shape index (κ3) is 3.40. The van der Waals surface area contributed by atoms with Crippen molar-refractivity contribution in [3.63, 3.8) is 0 Å². The number of nitrogens with one attached hydrogen (secondary N) is 1. The van der Waals surface area contributed by atoms with Gasteiger partial charge in [0.05, 0.1) is 7.11 Å². The summed E-state index contributed by atoms with van der Waals surface area (Å²) in [5.41, 5.74) is 0. The SMILES string of the molecule is CCC(Nc1cccc(Cl)n1)C(=O)OC. The summed E-state index contributed by atoms with van der Waals surface area (Å²) in [7, 11) is 1.36. The number of hydrogen-bond acceptors (Lipinski definition) is 4. The molecule has 82 valence electrons. The monoisotopic (exact) mass is 228 g/mol. The maximum Gasteiger partial charge on any atom is 0.328 e. The zero-order chi connectivity index (χ0) is 11.3. The van der Waals surface area contributed by atoms with Crippen molar-refractivity contribution in [2.24, 2.45) is 0 Å². The molecule has 0 aliphatic carbocycles. The van der Waals surface area contributed by atoms with E-state index in [4.69, 9.17) is 11.6 Å². The van der Waals surface area contributed by atoms with Gasteiger partial charge < -0.3 is 10.1 Å². The predicted octanol–water partition coefficient (Wildman–Crippen LogP) is 2.10. The molecule has 5 heteroatoms. The van der Waals surface area contributed by atoms with Crippen LogP contribution in [0, 0.1) is 0 Å². The highest BCUT2D eigenvalue weighted by Gasteiger charge is 2.16. The number of pyridine rings is 1. The van der Waals surface area contributed by atoms with E-state index in [2.05, 4.69) is 15.0 Å². The first-order chi connectivity index (χ1) is 7.17. The number of carbonyl (C=O) groups excluding carboxylic acids is 1. The van der Waals surface area contributed by atoms with Crippen LogP contribution in [0.1, 0.15) is 13.3 Å². The van der Waals surface area contributed by atoms with Crippen molar-refractivity contribution in [2.75, 3.05) is 12.4 Å². The van der Waals surface area contributed by atoms with Crippen molar-refractivity contribution in [3.8, 4) is 0 Å². The number of hydrogen-bond donors (Lipinski definition) is 1. The number of carbonyl (C=O) groups is 1. The molecule has 1 unspecified atom stereocenters. The Labute approximate surface area is 93.6 Å². The summed E-state index contributed by atoms with van der Waals surface area (Å²) in [5.74, 6) is 0.263. The van der Waals surface area contributed by atoms with Gasteiger partial charge in [-0.05, 0) is 18.6 Å². The first-order valence-corrected chi connectivity index (χ1v) is 5.02. The summed E-state index contributed by atoms with van der Waals surface area (Å²) in [6.45, 7) is 1.89. The lowest BCUT2D eigenvalue weighted by Gasteiger charge is -2.14. The fourth-order valence-electron chi connectivity index (χ4n) is 1.14. The number of ether oxygens (including phenoxy) is 1. The van der Waals surface area contributed by atoms with Gasteiger partial charge in [-0.2, -0.15) is 0 Å². The van der Waals surface area contributed by atoms with Crippen molar-refractivity contribution in [2.45, 2.75) is 19.4 Å². The van der Waals surface area contributed by atoms with Gasteiger partial charge in [-0.15, -0.1) is 0 Å². The van der Waals surface area contributed by atoms with Gasteiger partial charge >= 0.3 is 5.97 Å². The Balaban J connectivity index is 2.70. The van der Waals surface area contributed by atoms with E-state index in [0.29, 0.717) is 17.4 Å². The van der Waals surface area contributed by atoms with Crippen molar-refractivity contribution in [3.05, 3.63) is 23.4 Å². The first kappa shape index (κ1) is 11.8. The maximum absolute atomic E-state index is 11.3. The Morgan fingerprint density at radius 1 is 1.67 bits per heavy atom. The van der Waals surface area contributed by atoms with E-state index < -0.39 is 0 Å². The number of esters is 1. The van der Waals surface area contributed by atoms with Crippen LogP contribution in [0.25, 0.3) is 0 Å². The molecule has 0 saturated carbocycles. The highest BCUT2D eigenvalue weighted by atomic mass is 35.5. The summed E-state index contributed by atoms with van der Waals surface area (Å²) in [4.78, 5) is 15.3. The van der Waals surface area contributed by atoms with E-state index in [1.54, 1.807) is 18.2 Å². The fraction of sp³-hybridized carbons (Fsp3) is 0.400. The molecule has 0 amide bonds. The van der Waals surface area contributed by atoms with Crippen LogP contribution >= 0.6 is 11.6 Å². The lowest BCUT2D eigenvalue weighted by atomic mass is 10.2. The average Bonchev–Trinajstić information content (AvgIpc) is 2.25. The molecule has 0 saturated heterocycles. The molecule has 1 heterocycles. The summed E-state index contributed by atoms with van der Waals surface area (Å²) >= 11 is 5.72. The molecule has 0 aliphatic heterocycles. The van der Waals surface area contributed by atoms with Crippen molar-refractivity contribution < 1.29 is 9.53 Å². The minimum Gasteiger partial charge on any atom is -0.467 e. The number of halogens is 1. The fourth-order valence-corrected chi connectivity index (χ4v) is 1.30. The second-order valence-corrected chi connectivity index (χ2v) is 3.36. The lowest BCUT2D eigenvalue weighted by Crippen LogP contribution is -2.30. The molecular formula is C10H13ClN2O2. The van der Waals surface area contributed by atoms with Gasteiger partial charge in [0.15, 0.2) is 0 Å². The van der Waals surface area contributed by atoms with Gasteiger partial charge in [-0.25, -0.2) is 9.78 Å². The lowest BCUT2D eigenvalue weighted by molar-refractivity contribution is -0.141. The quantitative estimate of drug-likeness (QED) is 0.634. The number of rotatable bonds is 4. The highest BCUT2D eigenvalue weighted by molar-refractivity contribution is 6.29. The zero-order valence-electron chi connectivity index (χ0n) is 8.66. The Morgan fingerprint density at radius 2 is 2.40 bits per heavy atom. The molecule has 1 aromatic rings. The standard InChI is InChI=1S/C10H13ClN2O2/c1-3-7(10(14)15-2)12-9-6-4-5-8(11)13-9/h4-7H,3H2,1-2H3,(H,12,13). The number of nitrogens with zero attached hydrogens (tertiary/aromatic N) is 1. The van der Waals surface area contributed by atoms with Crippen molar-refractivity contribution in [1.29, 1.82) is 0 Å². The molecule has 0 aliphatic rings. The number of methoxy groups -OCH3 is 1. The largest absolute Gasteiger partial charge is 0.467 e. The molecular weight excluding hydrogens is 216 g/mol. The normalized spacial score (nSPS) is 11.9. The minimum absolute atomic E-state index is 0.306. The second kappa shape index (κ2) is 5.56. The van der Waals surface area contributed by atoms with Crippen LogP contribution in [0.2, 0.25) is 5.15 Å². The molecule has 0 spiro atoms. The second-order valence-electron chi connectivity index (χ2n) is 2.97. The third-order valence-electron chi connectivity index (χ3n) is 1.93. The minimum atomic E-state index is -0.388. The van der Waals surface area contributed by atoms with Crippen molar-refractivity contribution >= 4 is 23.4 Å². The van der Waals surface area contributed by atoms with Crippen LogP contribution in [-0.4, -0.2) is 24.1 Å². The molecule has 0 fully saturated rings. The molecule has 4 nitrogen and oxygen atoms in total. The number of anilines is 1. The molecule has 0 bridgehead atoms. The van der Waals surface area contributed by atoms with Crippen LogP contribution in [0.4, 0.5) is 5.82 Å². The molecule has 1 aromatic heterocycles. The van der Waals surface area contributed by atoms with Crippen LogP contribution in [0.3, 0.4) is 0 Å². The molecule has 0 aromatic carbocycles. The van der Waals surface area contributed by atoms with Crippen LogP contribution in [-0.2, 0) is 9.53 Å². The summed E-state index contributed by atoms with van der Waals surface area (Å²) in [6, 6.07) is 4.80. The molecule has 1 rings (SSSR count). The Hall–Kier alpha value is -1.29. The van der Waals surface area contributed by atoms with Gasteiger partial charge in [-0.3, -0.25) is 0 Å². The first-order valence-electron chi connectivity index (χ1n) is 4.64. The number of aromatic nitrogens is 1. The van der Waals surface area contributed by atoms with Crippen LogP contribution in [0.5, 0.6) is 0 Å². The van der Waals surface area contributed by atoms with E-state index in [9.17, 15) is 4.79 Å². The van der Waals surface area contributed by atoms with E-state index in [1.165, 1.54) is 7.11 Å². The van der Waals surface area contributed by atoms with Crippen LogP contribution in [0.15, 0.2) is 18.2 Å². The molecule has 15 heavy (non-hydrogen) atoms.